The summed E-state index contributed by atoms with van der Waals surface area (Å²) in [6, 6.07) is 13.6. The molecule has 2 heterocycles. The van der Waals surface area contributed by atoms with E-state index in [1.54, 1.807) is 35.5 Å². The van der Waals surface area contributed by atoms with E-state index in [-0.39, 0.29) is 11.7 Å². The third kappa shape index (κ3) is 4.58. The Bertz CT molecular complexity index is 904. The molecule has 2 aliphatic rings. The Morgan fingerprint density at radius 3 is 2.45 bits per heavy atom. The number of benzene rings is 2. The zero-order valence-corrected chi connectivity index (χ0v) is 16.5. The minimum Gasteiger partial charge on any atom is -0.391 e. The molecule has 8 heteroatoms. The molecule has 3 atom stereocenters. The van der Waals surface area contributed by atoms with Crippen molar-refractivity contribution >= 4 is 23.9 Å². The van der Waals surface area contributed by atoms with Crippen LogP contribution in [0.25, 0.3) is 0 Å². The first-order valence-electron chi connectivity index (χ1n) is 9.48. The molecule has 0 bridgehead atoms. The number of piperidine rings is 1. The Kier molecular flexibility index (Phi) is 5.80. The van der Waals surface area contributed by atoms with Crippen molar-refractivity contribution in [3.05, 3.63) is 70.5 Å². The lowest BCUT2D eigenvalue weighted by Crippen LogP contribution is -2.48. The monoisotopic (exact) mass is 416 g/mol. The smallest absolute Gasteiger partial charge is 0.230 e. The number of likely N-dealkylation sites (tertiary alicyclic amines) is 1. The highest BCUT2D eigenvalue weighted by atomic mass is 35.5. The molecule has 0 radical (unpaired) electrons. The molecule has 152 valence electrons. The van der Waals surface area contributed by atoms with E-state index in [1.807, 2.05) is 17.0 Å². The second-order valence-corrected chi connectivity index (χ2v) is 7.72. The summed E-state index contributed by atoms with van der Waals surface area (Å²) in [5.41, 5.74) is 1.90. The number of aliphatic hydroxyl groups is 2. The van der Waals surface area contributed by atoms with Crippen LogP contribution in [0.15, 0.2) is 58.5 Å². The number of halogens is 2. The number of hydrogen-bond donors (Lipinski definition) is 2. The topological polar surface area (TPSA) is 71.7 Å². The van der Waals surface area contributed by atoms with Crippen molar-refractivity contribution in [1.29, 1.82) is 0 Å². The molecule has 6 nitrogen and oxygen atoms in total. The van der Waals surface area contributed by atoms with Crippen LogP contribution in [0.4, 0.5) is 4.39 Å². The van der Waals surface area contributed by atoms with Gasteiger partial charge in [0.15, 0.2) is 0 Å². The summed E-state index contributed by atoms with van der Waals surface area (Å²) >= 11 is 5.90. The number of guanidine groups is 1. The summed E-state index contributed by atoms with van der Waals surface area (Å²) in [6.07, 6.45) is 0.577. The van der Waals surface area contributed by atoms with Gasteiger partial charge in [0, 0.05) is 30.6 Å². The quantitative estimate of drug-likeness (QED) is 0.807. The second kappa shape index (κ2) is 8.49. The van der Waals surface area contributed by atoms with Crippen LogP contribution in [0.2, 0.25) is 5.02 Å². The molecule has 1 saturated heterocycles. The molecule has 2 aromatic rings. The van der Waals surface area contributed by atoms with Gasteiger partial charge in [0.1, 0.15) is 5.82 Å². The minimum absolute atomic E-state index is 0.0636. The molecule has 29 heavy (non-hydrogen) atoms. The van der Waals surface area contributed by atoms with E-state index in [0.29, 0.717) is 37.0 Å². The van der Waals surface area contributed by atoms with Gasteiger partial charge in [-0.1, -0.05) is 35.9 Å². The molecule has 0 aromatic heterocycles. The van der Waals surface area contributed by atoms with Gasteiger partial charge in [-0.15, -0.1) is 0 Å². The number of aliphatic imine (C=N–C) groups is 2. The normalized spacial score (nSPS) is 24.6. The second-order valence-electron chi connectivity index (χ2n) is 7.28. The number of hydrogen-bond acceptors (Lipinski definition) is 6. The molecular formula is C21H22ClFN4O2. The summed E-state index contributed by atoms with van der Waals surface area (Å²) in [5, 5.41) is 21.7. The summed E-state index contributed by atoms with van der Waals surface area (Å²) in [4.78, 5) is 12.1. The Balaban J connectivity index is 1.38. The number of nitrogens with zero attached hydrogens (tertiary/aromatic N) is 4. The first-order chi connectivity index (χ1) is 14.0. The maximum Gasteiger partial charge on any atom is 0.230 e. The van der Waals surface area contributed by atoms with Crippen molar-refractivity contribution in [2.45, 2.75) is 31.3 Å². The van der Waals surface area contributed by atoms with E-state index >= 15 is 0 Å². The van der Waals surface area contributed by atoms with Crippen LogP contribution >= 0.6 is 11.6 Å². The third-order valence-electron chi connectivity index (χ3n) is 5.29. The van der Waals surface area contributed by atoms with Crippen LogP contribution in [0.3, 0.4) is 0 Å². The lowest BCUT2D eigenvalue weighted by Gasteiger charge is -2.38. The van der Waals surface area contributed by atoms with E-state index in [4.69, 9.17) is 11.6 Å². The molecular weight excluding hydrogens is 395 g/mol. The van der Waals surface area contributed by atoms with E-state index in [0.717, 1.165) is 11.1 Å². The molecule has 0 saturated carbocycles. The van der Waals surface area contributed by atoms with Crippen molar-refractivity contribution in [3.63, 3.8) is 0 Å². The van der Waals surface area contributed by atoms with E-state index in [1.165, 1.54) is 12.1 Å². The summed E-state index contributed by atoms with van der Waals surface area (Å²) in [7, 11) is 0. The lowest BCUT2D eigenvalue weighted by molar-refractivity contribution is 0.0514. The van der Waals surface area contributed by atoms with Gasteiger partial charge in [-0.25, -0.2) is 9.38 Å². The highest BCUT2D eigenvalue weighted by Crippen LogP contribution is 2.29. The Hall–Kier alpha value is -2.48. The van der Waals surface area contributed by atoms with Gasteiger partial charge in [-0.05, 0) is 41.8 Å². The molecule has 0 spiro atoms. The third-order valence-corrected chi connectivity index (χ3v) is 5.54. The molecule has 2 aromatic carbocycles. The van der Waals surface area contributed by atoms with E-state index in [9.17, 15) is 14.6 Å². The molecule has 4 rings (SSSR count). The summed E-state index contributed by atoms with van der Waals surface area (Å²) < 4.78 is 13.1. The first-order valence-corrected chi connectivity index (χ1v) is 9.86. The first kappa shape index (κ1) is 19.8. The number of rotatable bonds is 3. The number of aliphatic hydroxyl groups excluding tert-OH is 2. The molecule has 0 amide bonds. The van der Waals surface area contributed by atoms with Crippen LogP contribution in [0.1, 0.15) is 23.5 Å². The summed E-state index contributed by atoms with van der Waals surface area (Å²) in [6.45, 7) is 1.44. The van der Waals surface area contributed by atoms with Gasteiger partial charge in [0.25, 0.3) is 0 Å². The minimum atomic E-state index is -1.05. The molecule has 1 fully saturated rings. The Morgan fingerprint density at radius 2 is 1.79 bits per heavy atom. The molecule has 2 aliphatic heterocycles. The SMILES string of the molecule is OC1CN(C2=NC(O)N(Cc3ccc(Cl)cc3)C=N2)CCC1c1ccc(F)cc1. The van der Waals surface area contributed by atoms with Crippen LogP contribution in [0, 0.1) is 5.82 Å². The Labute approximate surface area is 173 Å². The predicted molar refractivity (Wildman–Crippen MR) is 110 cm³/mol. The van der Waals surface area contributed by atoms with E-state index in [2.05, 4.69) is 9.98 Å². The lowest BCUT2D eigenvalue weighted by atomic mass is 9.87. The van der Waals surface area contributed by atoms with Crippen molar-refractivity contribution in [2.24, 2.45) is 9.98 Å². The highest BCUT2D eigenvalue weighted by molar-refractivity contribution is 6.30. The van der Waals surface area contributed by atoms with Gasteiger partial charge in [0.2, 0.25) is 12.3 Å². The van der Waals surface area contributed by atoms with Crippen molar-refractivity contribution < 1.29 is 14.6 Å². The van der Waals surface area contributed by atoms with Crippen LogP contribution in [0.5, 0.6) is 0 Å². The Morgan fingerprint density at radius 1 is 1.07 bits per heavy atom. The largest absolute Gasteiger partial charge is 0.391 e. The molecule has 0 aliphatic carbocycles. The zero-order valence-electron chi connectivity index (χ0n) is 15.7. The maximum absolute atomic E-state index is 13.1. The average molecular weight is 417 g/mol. The molecule has 2 N–H and O–H groups in total. The van der Waals surface area contributed by atoms with Crippen LogP contribution in [-0.2, 0) is 6.54 Å². The van der Waals surface area contributed by atoms with Crippen LogP contribution < -0.4 is 0 Å². The number of β-amino-alcohol motifs (C(OH)–C–C–N with tert-alkyl or cyclic N) is 1. The van der Waals surface area contributed by atoms with Crippen molar-refractivity contribution in [2.75, 3.05) is 13.1 Å². The van der Waals surface area contributed by atoms with Crippen molar-refractivity contribution in [3.8, 4) is 0 Å². The zero-order chi connectivity index (χ0) is 20.4. The van der Waals surface area contributed by atoms with E-state index < -0.39 is 12.5 Å². The summed E-state index contributed by atoms with van der Waals surface area (Å²) in [5.74, 6) is 0.0523. The van der Waals surface area contributed by atoms with Crippen molar-refractivity contribution in [1.82, 2.24) is 9.80 Å². The predicted octanol–water partition coefficient (Wildman–Crippen LogP) is 2.81. The average Bonchev–Trinajstić information content (AvgIpc) is 2.72. The van der Waals surface area contributed by atoms with Gasteiger partial charge in [0.05, 0.1) is 12.4 Å². The van der Waals surface area contributed by atoms with Gasteiger partial charge >= 0.3 is 0 Å². The fourth-order valence-electron chi connectivity index (χ4n) is 3.69. The standard InChI is InChI=1S/C21H22ClFN4O2/c22-16-5-1-14(2-6-16)11-27-13-24-20(25-21(27)29)26-10-9-18(19(28)12-26)15-3-7-17(23)8-4-15/h1-8,13,18-19,21,28-29H,9-12H2. The highest BCUT2D eigenvalue weighted by Gasteiger charge is 2.31. The molecule has 3 unspecified atom stereocenters. The van der Waals surface area contributed by atoms with Gasteiger partial charge in [-0.2, -0.15) is 4.99 Å². The van der Waals surface area contributed by atoms with Gasteiger partial charge in [-0.3, -0.25) is 0 Å². The van der Waals surface area contributed by atoms with Crippen LogP contribution in [-0.4, -0.2) is 57.9 Å². The fraction of sp³-hybridized carbons (Fsp3) is 0.333. The fourth-order valence-corrected chi connectivity index (χ4v) is 3.82. The maximum atomic E-state index is 13.1. The van der Waals surface area contributed by atoms with Gasteiger partial charge < -0.3 is 20.0 Å².